The van der Waals surface area contributed by atoms with Crippen molar-refractivity contribution >= 4 is 17.0 Å². The molecule has 0 aliphatic carbocycles. The lowest BCUT2D eigenvalue weighted by molar-refractivity contribution is -0.890. The molecule has 0 saturated carbocycles. The van der Waals surface area contributed by atoms with Gasteiger partial charge in [0, 0.05) is 13.0 Å². The zero-order valence-electron chi connectivity index (χ0n) is 17.1. The van der Waals surface area contributed by atoms with E-state index in [2.05, 4.69) is 19.4 Å². The van der Waals surface area contributed by atoms with E-state index in [1.54, 1.807) is 17.7 Å². The molecule has 2 N–H and O–H groups in total. The summed E-state index contributed by atoms with van der Waals surface area (Å²) in [6, 6.07) is 15.2. The minimum Gasteiger partial charge on any atom is -0.496 e. The van der Waals surface area contributed by atoms with Crippen molar-refractivity contribution in [3.63, 3.8) is 0 Å². The number of methoxy groups -OCH3 is 1. The summed E-state index contributed by atoms with van der Waals surface area (Å²) in [5.41, 5.74) is 2.38. The summed E-state index contributed by atoms with van der Waals surface area (Å²) < 4.78 is 12.3. The highest BCUT2D eigenvalue weighted by Gasteiger charge is 2.22. The number of aromatic nitrogens is 1. The lowest BCUT2D eigenvalue weighted by atomic mass is 10.0. The van der Waals surface area contributed by atoms with Gasteiger partial charge in [-0.25, -0.2) is 4.79 Å². The van der Waals surface area contributed by atoms with Gasteiger partial charge in [0.1, 0.15) is 11.8 Å². The third-order valence-electron chi connectivity index (χ3n) is 5.07. The topological polar surface area (TPSA) is 77.9 Å². The first kappa shape index (κ1) is 20.7. The Bertz CT molecular complexity index is 1020. The van der Waals surface area contributed by atoms with E-state index < -0.39 is 0 Å². The van der Waals surface area contributed by atoms with E-state index in [1.807, 2.05) is 42.5 Å². The fourth-order valence-corrected chi connectivity index (χ4v) is 3.51. The van der Waals surface area contributed by atoms with Gasteiger partial charge in [-0.2, -0.15) is 0 Å². The van der Waals surface area contributed by atoms with Gasteiger partial charge in [-0.3, -0.25) is 9.36 Å². The van der Waals surface area contributed by atoms with Crippen LogP contribution in [0.4, 0.5) is 0 Å². The van der Waals surface area contributed by atoms with Gasteiger partial charge in [0.2, 0.25) is 5.91 Å². The molecule has 0 spiro atoms. The molecular weight excluding hydrogens is 370 g/mol. The van der Waals surface area contributed by atoms with Gasteiger partial charge in [0.05, 0.1) is 38.8 Å². The Morgan fingerprint density at radius 2 is 1.90 bits per heavy atom. The van der Waals surface area contributed by atoms with Crippen molar-refractivity contribution in [2.75, 3.05) is 27.7 Å². The summed E-state index contributed by atoms with van der Waals surface area (Å²) in [6.45, 7) is 0.953. The molecular formula is C22H28N3O4+. The van der Waals surface area contributed by atoms with E-state index in [1.165, 1.54) is 4.90 Å². The summed E-state index contributed by atoms with van der Waals surface area (Å²) in [7, 11) is 5.76. The van der Waals surface area contributed by atoms with Gasteiger partial charge in [-0.1, -0.05) is 24.3 Å². The van der Waals surface area contributed by atoms with Crippen LogP contribution in [-0.4, -0.2) is 38.2 Å². The Labute approximate surface area is 169 Å². The lowest BCUT2D eigenvalue weighted by Crippen LogP contribution is -3.07. The van der Waals surface area contributed by atoms with Crippen LogP contribution in [0.3, 0.4) is 0 Å². The second-order valence-corrected chi connectivity index (χ2v) is 7.27. The number of quaternary nitrogens is 1. The Kier molecular flexibility index (Phi) is 6.72. The molecule has 3 aromatic rings. The summed E-state index contributed by atoms with van der Waals surface area (Å²) in [4.78, 5) is 25.6. The third kappa shape index (κ3) is 4.86. The van der Waals surface area contributed by atoms with Crippen molar-refractivity contribution in [3.05, 3.63) is 64.6 Å². The van der Waals surface area contributed by atoms with Crippen molar-refractivity contribution in [2.24, 2.45) is 0 Å². The maximum atomic E-state index is 12.4. The maximum absolute atomic E-state index is 12.4. The van der Waals surface area contributed by atoms with Crippen molar-refractivity contribution in [2.45, 2.75) is 25.4 Å². The highest BCUT2D eigenvalue weighted by atomic mass is 16.5. The number of rotatable bonds is 9. The average molecular weight is 398 g/mol. The first-order valence-corrected chi connectivity index (χ1v) is 9.79. The number of carbonyl (C=O) groups excluding carboxylic acids is 1. The molecule has 0 aliphatic heterocycles. The van der Waals surface area contributed by atoms with Crippen molar-refractivity contribution in [1.29, 1.82) is 0 Å². The fraction of sp³-hybridized carbons (Fsp3) is 0.364. The number of nitrogens with zero attached hydrogens (tertiary/aromatic N) is 1. The molecule has 1 aromatic heterocycles. The quantitative estimate of drug-likeness (QED) is 0.571. The number of fused-ring (bicyclic) bond motifs is 1. The summed E-state index contributed by atoms with van der Waals surface area (Å²) in [5.74, 6) is 0.394. The molecule has 0 radical (unpaired) electrons. The standard InChI is InChI=1S/C22H27N3O4/c1-24(2)18(16-9-4-6-11-19(16)28-3)15-23-21(26)13-8-14-25-17-10-5-7-12-20(17)29-22(25)27/h4-7,9-12,18H,8,13-15H2,1-3H3,(H,23,26)/p+1/t18-/m1/s1. The predicted octanol–water partition coefficient (Wildman–Crippen LogP) is 1.39. The number of nitrogens with one attached hydrogen (secondary N) is 2. The number of amides is 1. The van der Waals surface area contributed by atoms with Crippen LogP contribution in [0.25, 0.3) is 11.1 Å². The highest BCUT2D eigenvalue weighted by Crippen LogP contribution is 2.22. The lowest BCUT2D eigenvalue weighted by Gasteiger charge is -2.23. The van der Waals surface area contributed by atoms with E-state index in [-0.39, 0.29) is 17.7 Å². The van der Waals surface area contributed by atoms with Gasteiger partial charge >= 0.3 is 5.76 Å². The molecule has 0 unspecified atom stereocenters. The number of carbonyl (C=O) groups is 1. The SMILES string of the molecule is COc1ccccc1[C@@H](CNC(=O)CCCn1c(=O)oc2ccccc21)[NH+](C)C. The molecule has 0 fully saturated rings. The number of para-hydroxylation sites is 3. The predicted molar refractivity (Wildman–Crippen MR) is 111 cm³/mol. The zero-order valence-corrected chi connectivity index (χ0v) is 17.1. The van der Waals surface area contributed by atoms with Crippen LogP contribution in [0.15, 0.2) is 57.7 Å². The van der Waals surface area contributed by atoms with Crippen molar-refractivity contribution < 1.29 is 18.8 Å². The average Bonchev–Trinajstić information content (AvgIpc) is 3.03. The molecule has 7 nitrogen and oxygen atoms in total. The highest BCUT2D eigenvalue weighted by molar-refractivity contribution is 5.76. The Balaban J connectivity index is 1.56. The smallest absolute Gasteiger partial charge is 0.419 e. The van der Waals surface area contributed by atoms with E-state index in [4.69, 9.17) is 9.15 Å². The molecule has 2 aromatic carbocycles. The summed E-state index contributed by atoms with van der Waals surface area (Å²) >= 11 is 0. The van der Waals surface area contributed by atoms with Gasteiger partial charge in [-0.15, -0.1) is 0 Å². The zero-order chi connectivity index (χ0) is 20.8. The van der Waals surface area contributed by atoms with E-state index >= 15 is 0 Å². The first-order valence-electron chi connectivity index (χ1n) is 9.79. The van der Waals surface area contributed by atoms with E-state index in [0.29, 0.717) is 31.5 Å². The van der Waals surface area contributed by atoms with Gasteiger partial charge in [0.25, 0.3) is 0 Å². The number of hydrogen-bond donors (Lipinski definition) is 2. The van der Waals surface area contributed by atoms with Crippen LogP contribution >= 0.6 is 0 Å². The van der Waals surface area contributed by atoms with Crippen molar-refractivity contribution in [3.8, 4) is 5.75 Å². The largest absolute Gasteiger partial charge is 0.496 e. The fourth-order valence-electron chi connectivity index (χ4n) is 3.51. The van der Waals surface area contributed by atoms with Crippen LogP contribution in [0.5, 0.6) is 5.75 Å². The molecule has 29 heavy (non-hydrogen) atoms. The molecule has 0 bridgehead atoms. The molecule has 3 rings (SSSR count). The minimum absolute atomic E-state index is 0.0352. The molecule has 1 amide bonds. The Hall–Kier alpha value is -3.06. The number of likely N-dealkylation sites (N-methyl/N-ethyl adjacent to an activating group) is 1. The normalized spacial score (nSPS) is 12.3. The molecule has 1 atom stereocenters. The van der Waals surface area contributed by atoms with Crippen LogP contribution in [0.1, 0.15) is 24.4 Å². The molecule has 7 heteroatoms. The maximum Gasteiger partial charge on any atom is 0.419 e. The van der Waals surface area contributed by atoms with Crippen LogP contribution in [0, 0.1) is 0 Å². The van der Waals surface area contributed by atoms with Gasteiger partial charge in [0.15, 0.2) is 5.58 Å². The molecule has 0 aliphatic rings. The van der Waals surface area contributed by atoms with Gasteiger partial charge in [-0.05, 0) is 30.7 Å². The summed E-state index contributed by atoms with van der Waals surface area (Å²) in [6.07, 6.45) is 0.900. The minimum atomic E-state index is -0.390. The second kappa shape index (κ2) is 9.43. The monoisotopic (exact) mass is 398 g/mol. The van der Waals surface area contributed by atoms with Crippen LogP contribution < -0.4 is 20.7 Å². The number of ether oxygens (including phenoxy) is 1. The number of aryl methyl sites for hydroxylation is 1. The number of oxazole rings is 1. The number of benzene rings is 2. The Morgan fingerprint density at radius 3 is 2.66 bits per heavy atom. The Morgan fingerprint density at radius 1 is 1.17 bits per heavy atom. The van der Waals surface area contributed by atoms with E-state index in [9.17, 15) is 9.59 Å². The van der Waals surface area contributed by atoms with Gasteiger partial charge < -0.3 is 19.4 Å². The molecule has 1 heterocycles. The van der Waals surface area contributed by atoms with Crippen LogP contribution in [0.2, 0.25) is 0 Å². The number of hydrogen-bond acceptors (Lipinski definition) is 4. The third-order valence-corrected chi connectivity index (χ3v) is 5.07. The van der Waals surface area contributed by atoms with E-state index in [0.717, 1.165) is 16.8 Å². The second-order valence-electron chi connectivity index (χ2n) is 7.27. The van der Waals surface area contributed by atoms with Crippen molar-refractivity contribution in [1.82, 2.24) is 9.88 Å². The first-order chi connectivity index (χ1) is 14.0. The van der Waals surface area contributed by atoms with Crippen LogP contribution in [-0.2, 0) is 11.3 Å². The molecule has 0 saturated heterocycles. The molecule has 154 valence electrons. The summed E-state index contributed by atoms with van der Waals surface area (Å²) in [5, 5.41) is 3.02.